The average molecular weight is 392 g/mol. The molecule has 150 valence electrons. The Labute approximate surface area is 177 Å². The molecule has 0 heterocycles. The molecule has 0 radical (unpaired) electrons. The van der Waals surface area contributed by atoms with Crippen LogP contribution < -0.4 is 0 Å². The van der Waals surface area contributed by atoms with Crippen LogP contribution in [0, 0.1) is 0 Å². The molecule has 5 nitrogen and oxygen atoms in total. The van der Waals surface area contributed by atoms with Crippen LogP contribution in [0.25, 0.3) is 0 Å². The fourth-order valence-electron chi connectivity index (χ4n) is 2.66. The minimum absolute atomic E-state index is 0. The van der Waals surface area contributed by atoms with Crippen molar-refractivity contribution in [1.82, 2.24) is 0 Å². The molecule has 0 aliphatic carbocycles. The van der Waals surface area contributed by atoms with Crippen molar-refractivity contribution in [2.75, 3.05) is 6.61 Å². The van der Waals surface area contributed by atoms with E-state index in [2.05, 4.69) is 6.92 Å². The van der Waals surface area contributed by atoms with Crippen molar-refractivity contribution in [3.05, 3.63) is 0 Å². The minimum atomic E-state index is -4.64. The first-order chi connectivity index (χ1) is 11.4. The molecule has 0 rings (SSSR count). The van der Waals surface area contributed by atoms with Gasteiger partial charge < -0.3 is 19.8 Å². The Hall–Kier alpha value is 1.07. The van der Waals surface area contributed by atoms with Crippen LogP contribution in [0.15, 0.2) is 0 Å². The number of hydrogen-bond acceptors (Lipinski definition) is 2. The third-order valence-corrected chi connectivity index (χ3v) is 4.01. The van der Waals surface area contributed by atoms with Crippen LogP contribution in [0.1, 0.15) is 110 Å². The van der Waals surface area contributed by atoms with Gasteiger partial charge in [-0.15, -0.1) is 0 Å². The number of unbranched alkanes of at least 4 members (excludes halogenated alkanes) is 15. The van der Waals surface area contributed by atoms with Gasteiger partial charge in [0.1, 0.15) is 0 Å². The fraction of sp³-hybridized carbons (Fsp3) is 1.00. The van der Waals surface area contributed by atoms with Crippen molar-refractivity contribution >= 4 is 37.4 Å². The molecule has 0 aliphatic heterocycles. The summed E-state index contributed by atoms with van der Waals surface area (Å²) in [6.45, 7) is 2.66. The predicted molar refractivity (Wildman–Crippen MR) is 108 cm³/mol. The van der Waals surface area contributed by atoms with E-state index in [1.165, 1.54) is 96.3 Å². The zero-order chi connectivity index (χ0) is 18.5. The van der Waals surface area contributed by atoms with Gasteiger partial charge in [-0.1, -0.05) is 103 Å². The molecular weight excluding hydrogens is 350 g/mol. The van der Waals surface area contributed by atoms with Crippen LogP contribution in [0.5, 0.6) is 0 Å². The SMILES string of the molecule is CCCCCCCCCCCCCCCCCCO.O=P(O)(O)O.[NaH]. The van der Waals surface area contributed by atoms with Crippen molar-refractivity contribution in [2.24, 2.45) is 0 Å². The molecule has 0 saturated heterocycles. The fourth-order valence-corrected chi connectivity index (χ4v) is 2.66. The van der Waals surface area contributed by atoms with Gasteiger partial charge in [0.25, 0.3) is 0 Å². The molecule has 25 heavy (non-hydrogen) atoms. The molecule has 0 fully saturated rings. The average Bonchev–Trinajstić information content (AvgIpc) is 2.49. The summed E-state index contributed by atoms with van der Waals surface area (Å²) in [6.07, 6.45) is 22.2. The zero-order valence-electron chi connectivity index (χ0n) is 15.7. The molecule has 0 spiro atoms. The van der Waals surface area contributed by atoms with Gasteiger partial charge in [0.05, 0.1) is 0 Å². The first-order valence-electron chi connectivity index (χ1n) is 9.81. The molecule has 0 saturated carbocycles. The first-order valence-corrected chi connectivity index (χ1v) is 11.4. The maximum atomic E-state index is 8.88. The molecule has 0 aromatic rings. The van der Waals surface area contributed by atoms with Crippen LogP contribution >= 0.6 is 7.82 Å². The molecule has 7 heteroatoms. The van der Waals surface area contributed by atoms with Gasteiger partial charge in [-0.25, -0.2) is 4.57 Å². The molecule has 0 bridgehead atoms. The Kier molecular flexibility index (Phi) is 30.9. The summed E-state index contributed by atoms with van der Waals surface area (Å²) in [4.78, 5) is 21.6. The predicted octanol–water partition coefficient (Wildman–Crippen LogP) is 4.66. The van der Waals surface area contributed by atoms with Crippen molar-refractivity contribution in [2.45, 2.75) is 110 Å². The van der Waals surface area contributed by atoms with Gasteiger partial charge in [-0.3, -0.25) is 0 Å². The van der Waals surface area contributed by atoms with E-state index < -0.39 is 7.82 Å². The second-order valence-electron chi connectivity index (χ2n) is 6.54. The second-order valence-corrected chi connectivity index (χ2v) is 7.57. The van der Waals surface area contributed by atoms with Gasteiger partial charge >= 0.3 is 37.4 Å². The summed E-state index contributed by atoms with van der Waals surface area (Å²) < 4.78 is 8.88. The summed E-state index contributed by atoms with van der Waals surface area (Å²) in [6, 6.07) is 0. The molecule has 0 aromatic heterocycles. The van der Waals surface area contributed by atoms with Gasteiger partial charge in [-0.2, -0.15) is 0 Å². The van der Waals surface area contributed by atoms with Crippen molar-refractivity contribution in [3.63, 3.8) is 0 Å². The number of aliphatic hydroxyl groups is 1. The number of hydrogen-bond donors (Lipinski definition) is 4. The Morgan fingerprint density at radius 3 is 0.960 bits per heavy atom. The van der Waals surface area contributed by atoms with Gasteiger partial charge in [0.15, 0.2) is 0 Å². The first kappa shape index (κ1) is 30.8. The molecule has 0 aliphatic rings. The van der Waals surface area contributed by atoms with E-state index in [1.807, 2.05) is 0 Å². The molecule has 0 amide bonds. The van der Waals surface area contributed by atoms with Gasteiger partial charge in [-0.05, 0) is 6.42 Å². The van der Waals surface area contributed by atoms with Gasteiger partial charge in [0.2, 0.25) is 0 Å². The Bertz CT molecular complexity index is 250. The number of aliphatic hydroxyl groups excluding tert-OH is 1. The Morgan fingerprint density at radius 2 is 0.760 bits per heavy atom. The summed E-state index contributed by atoms with van der Waals surface area (Å²) in [5.41, 5.74) is 0. The normalized spacial score (nSPS) is 10.8. The molecule has 0 aromatic carbocycles. The summed E-state index contributed by atoms with van der Waals surface area (Å²) in [5.74, 6) is 0. The monoisotopic (exact) mass is 392 g/mol. The van der Waals surface area contributed by atoms with Crippen molar-refractivity contribution in [1.29, 1.82) is 0 Å². The van der Waals surface area contributed by atoms with E-state index in [1.54, 1.807) is 0 Å². The standard InChI is InChI=1S/C18H38O.Na.H3O4P.H/c1-2-3-4-5-6-7-8-9-10-11-12-13-14-15-16-17-18-19;;1-5(2,3)4;/h19H,2-18H2,1H3;;(H3,1,2,3,4);. The Morgan fingerprint density at radius 1 is 0.560 bits per heavy atom. The zero-order valence-corrected chi connectivity index (χ0v) is 16.6. The number of phosphoric acid groups is 1. The van der Waals surface area contributed by atoms with Crippen LogP contribution in [-0.4, -0.2) is 56.0 Å². The third kappa shape index (κ3) is 45.8. The topological polar surface area (TPSA) is 98.0 Å². The van der Waals surface area contributed by atoms with E-state index in [4.69, 9.17) is 24.4 Å². The quantitative estimate of drug-likeness (QED) is 0.174. The van der Waals surface area contributed by atoms with E-state index >= 15 is 0 Å². The summed E-state index contributed by atoms with van der Waals surface area (Å²) in [7, 11) is -4.64. The summed E-state index contributed by atoms with van der Waals surface area (Å²) in [5, 5.41) is 8.67. The van der Waals surface area contributed by atoms with Crippen LogP contribution in [0.4, 0.5) is 0 Å². The maximum absolute atomic E-state index is 8.88. The van der Waals surface area contributed by atoms with E-state index in [0.29, 0.717) is 6.61 Å². The van der Waals surface area contributed by atoms with Crippen molar-refractivity contribution in [3.8, 4) is 0 Å². The summed E-state index contributed by atoms with van der Waals surface area (Å²) >= 11 is 0. The van der Waals surface area contributed by atoms with Gasteiger partial charge in [0, 0.05) is 6.61 Å². The van der Waals surface area contributed by atoms with E-state index in [0.717, 1.165) is 6.42 Å². The van der Waals surface area contributed by atoms with Crippen LogP contribution in [0.2, 0.25) is 0 Å². The molecule has 4 N–H and O–H groups in total. The van der Waals surface area contributed by atoms with Crippen LogP contribution in [-0.2, 0) is 4.57 Å². The molecule has 0 unspecified atom stereocenters. The van der Waals surface area contributed by atoms with E-state index in [9.17, 15) is 0 Å². The Balaban J connectivity index is -0.000000704. The molecular formula is C18H42NaO5P. The second kappa shape index (κ2) is 25.1. The third-order valence-electron chi connectivity index (χ3n) is 4.01. The van der Waals surface area contributed by atoms with E-state index in [-0.39, 0.29) is 29.6 Å². The number of rotatable bonds is 16. The van der Waals surface area contributed by atoms with Crippen LogP contribution in [0.3, 0.4) is 0 Å². The van der Waals surface area contributed by atoms with Crippen molar-refractivity contribution < 1.29 is 24.4 Å². The molecule has 0 atom stereocenters.